The van der Waals surface area contributed by atoms with Crippen LogP contribution in [0.3, 0.4) is 0 Å². The minimum absolute atomic E-state index is 0.553. The third-order valence-electron chi connectivity index (χ3n) is 4.54. The maximum Gasteiger partial charge on any atom is 0.323 e. The van der Waals surface area contributed by atoms with Crippen molar-refractivity contribution in [1.29, 1.82) is 0 Å². The Balaban J connectivity index is 2.44. The van der Waals surface area contributed by atoms with Gasteiger partial charge in [-0.3, -0.25) is 9.69 Å². The van der Waals surface area contributed by atoms with E-state index in [4.69, 9.17) is 0 Å². The second-order valence-corrected chi connectivity index (χ2v) is 6.67. The molecular formula is C16H33N3O2. The molecule has 0 aromatic heterocycles. The van der Waals surface area contributed by atoms with E-state index in [1.807, 2.05) is 6.92 Å². The highest BCUT2D eigenvalue weighted by atomic mass is 16.4. The van der Waals surface area contributed by atoms with Crippen LogP contribution in [0.5, 0.6) is 0 Å². The molecule has 21 heavy (non-hydrogen) atoms. The lowest BCUT2D eigenvalue weighted by atomic mass is 9.95. The van der Waals surface area contributed by atoms with Gasteiger partial charge in [-0.2, -0.15) is 0 Å². The smallest absolute Gasteiger partial charge is 0.323 e. The van der Waals surface area contributed by atoms with Gasteiger partial charge in [0.2, 0.25) is 0 Å². The van der Waals surface area contributed by atoms with Gasteiger partial charge in [-0.05, 0) is 72.8 Å². The summed E-state index contributed by atoms with van der Waals surface area (Å²) in [6, 6.07) is 0.553. The van der Waals surface area contributed by atoms with Crippen LogP contribution < -0.4 is 5.32 Å². The lowest BCUT2D eigenvalue weighted by molar-refractivity contribution is -0.144. The maximum atomic E-state index is 11.5. The Bertz CT molecular complexity index is 325. The van der Waals surface area contributed by atoms with Gasteiger partial charge in [0.15, 0.2) is 0 Å². The van der Waals surface area contributed by atoms with Crippen molar-refractivity contribution >= 4 is 5.97 Å². The van der Waals surface area contributed by atoms with Crippen LogP contribution in [0.25, 0.3) is 0 Å². The molecule has 2 unspecified atom stereocenters. The zero-order valence-corrected chi connectivity index (χ0v) is 14.2. The Kier molecular flexibility index (Phi) is 7.63. The van der Waals surface area contributed by atoms with Gasteiger partial charge < -0.3 is 15.3 Å². The van der Waals surface area contributed by atoms with E-state index in [1.54, 1.807) is 0 Å². The Labute approximate surface area is 129 Å². The number of aliphatic carboxylic acids is 1. The summed E-state index contributed by atoms with van der Waals surface area (Å²) in [7, 11) is 2.18. The monoisotopic (exact) mass is 299 g/mol. The zero-order chi connectivity index (χ0) is 15.9. The summed E-state index contributed by atoms with van der Waals surface area (Å²) >= 11 is 0. The molecule has 0 spiro atoms. The molecule has 5 heteroatoms. The predicted molar refractivity (Wildman–Crippen MR) is 86.7 cm³/mol. The Morgan fingerprint density at radius 3 is 2.76 bits per heavy atom. The van der Waals surface area contributed by atoms with Crippen LogP contribution in [0.1, 0.15) is 46.5 Å². The molecule has 0 aliphatic carbocycles. The van der Waals surface area contributed by atoms with Gasteiger partial charge in [-0.1, -0.05) is 6.92 Å². The highest BCUT2D eigenvalue weighted by Crippen LogP contribution is 2.16. The van der Waals surface area contributed by atoms with E-state index < -0.39 is 11.5 Å². The van der Waals surface area contributed by atoms with Gasteiger partial charge in [0.1, 0.15) is 5.54 Å². The van der Waals surface area contributed by atoms with E-state index in [1.165, 1.54) is 6.42 Å². The molecule has 124 valence electrons. The fraction of sp³-hybridized carbons (Fsp3) is 0.938. The molecule has 1 aliphatic heterocycles. The van der Waals surface area contributed by atoms with Crippen molar-refractivity contribution in [1.82, 2.24) is 15.1 Å². The van der Waals surface area contributed by atoms with E-state index in [0.717, 1.165) is 45.6 Å². The second-order valence-electron chi connectivity index (χ2n) is 6.67. The average Bonchev–Trinajstić information content (AvgIpc) is 2.57. The second kappa shape index (κ2) is 8.71. The van der Waals surface area contributed by atoms with Crippen LogP contribution in [0, 0.1) is 0 Å². The minimum Gasteiger partial charge on any atom is -0.480 e. The number of carboxylic acid groups (broad SMARTS) is 1. The van der Waals surface area contributed by atoms with Gasteiger partial charge >= 0.3 is 5.97 Å². The van der Waals surface area contributed by atoms with Gasteiger partial charge in [-0.25, -0.2) is 0 Å². The molecule has 2 atom stereocenters. The number of hydrogen-bond acceptors (Lipinski definition) is 4. The summed E-state index contributed by atoms with van der Waals surface area (Å²) in [6.45, 7) is 11.3. The van der Waals surface area contributed by atoms with Gasteiger partial charge in [0.25, 0.3) is 0 Å². The van der Waals surface area contributed by atoms with E-state index in [0.29, 0.717) is 12.5 Å². The van der Waals surface area contributed by atoms with Crippen LogP contribution in [0.2, 0.25) is 0 Å². The first kappa shape index (κ1) is 18.4. The van der Waals surface area contributed by atoms with E-state index >= 15 is 0 Å². The molecule has 0 aromatic rings. The fourth-order valence-corrected chi connectivity index (χ4v) is 3.06. The van der Waals surface area contributed by atoms with Crippen molar-refractivity contribution < 1.29 is 9.90 Å². The standard InChI is InChI=1S/C16H33N3O2/c1-5-9-17-16(3,15(20)21)8-6-11-19-12-7-10-18(4)13-14(19)2/h14,17H,5-13H2,1-4H3,(H,20,21). The highest BCUT2D eigenvalue weighted by Gasteiger charge is 2.32. The van der Waals surface area contributed by atoms with Gasteiger partial charge in [0, 0.05) is 12.6 Å². The molecule has 0 bridgehead atoms. The number of carboxylic acids is 1. The van der Waals surface area contributed by atoms with Crippen LogP contribution in [0.4, 0.5) is 0 Å². The summed E-state index contributed by atoms with van der Waals surface area (Å²) in [5.74, 6) is -0.736. The number of likely N-dealkylation sites (N-methyl/N-ethyl adjacent to an activating group) is 1. The molecule has 1 saturated heterocycles. The summed E-state index contributed by atoms with van der Waals surface area (Å²) < 4.78 is 0. The molecule has 1 fully saturated rings. The van der Waals surface area contributed by atoms with Crippen molar-refractivity contribution in [2.24, 2.45) is 0 Å². The Morgan fingerprint density at radius 1 is 1.43 bits per heavy atom. The van der Waals surface area contributed by atoms with E-state index in [2.05, 4.69) is 36.0 Å². The summed E-state index contributed by atoms with van der Waals surface area (Å²) in [5.41, 5.74) is -0.790. The highest BCUT2D eigenvalue weighted by molar-refractivity contribution is 5.78. The molecule has 0 amide bonds. The van der Waals surface area contributed by atoms with Crippen molar-refractivity contribution in [3.63, 3.8) is 0 Å². The first-order valence-electron chi connectivity index (χ1n) is 8.30. The average molecular weight is 299 g/mol. The molecule has 5 nitrogen and oxygen atoms in total. The number of hydrogen-bond donors (Lipinski definition) is 2. The third kappa shape index (κ3) is 5.93. The molecule has 1 rings (SSSR count). The SMILES string of the molecule is CCCNC(C)(CCCN1CCCN(C)CC1C)C(=O)O. The predicted octanol–water partition coefficient (Wildman–Crippen LogP) is 1.64. The Hall–Kier alpha value is -0.650. The minimum atomic E-state index is -0.790. The molecule has 2 N–H and O–H groups in total. The number of carbonyl (C=O) groups is 1. The number of nitrogens with one attached hydrogen (secondary N) is 1. The van der Waals surface area contributed by atoms with Crippen molar-refractivity contribution in [3.05, 3.63) is 0 Å². The fourth-order valence-electron chi connectivity index (χ4n) is 3.06. The first-order valence-corrected chi connectivity index (χ1v) is 8.30. The molecular weight excluding hydrogens is 266 g/mol. The summed E-state index contributed by atoms with van der Waals surface area (Å²) in [5, 5.41) is 12.6. The topological polar surface area (TPSA) is 55.8 Å². The zero-order valence-electron chi connectivity index (χ0n) is 14.2. The summed E-state index contributed by atoms with van der Waals surface area (Å²) in [6.07, 6.45) is 3.76. The molecule has 0 radical (unpaired) electrons. The third-order valence-corrected chi connectivity index (χ3v) is 4.54. The normalized spacial score (nSPS) is 24.5. The van der Waals surface area contributed by atoms with Gasteiger partial charge in [-0.15, -0.1) is 0 Å². The number of rotatable bonds is 8. The number of nitrogens with zero attached hydrogens (tertiary/aromatic N) is 2. The van der Waals surface area contributed by atoms with Crippen LogP contribution in [0.15, 0.2) is 0 Å². The molecule has 0 aromatic carbocycles. The first-order chi connectivity index (χ1) is 9.89. The summed E-state index contributed by atoms with van der Waals surface area (Å²) in [4.78, 5) is 16.4. The van der Waals surface area contributed by atoms with E-state index in [9.17, 15) is 9.90 Å². The van der Waals surface area contributed by atoms with E-state index in [-0.39, 0.29) is 0 Å². The van der Waals surface area contributed by atoms with Crippen molar-refractivity contribution in [3.8, 4) is 0 Å². The van der Waals surface area contributed by atoms with Crippen molar-refractivity contribution in [2.45, 2.75) is 58.0 Å². The lowest BCUT2D eigenvalue weighted by Crippen LogP contribution is -2.50. The van der Waals surface area contributed by atoms with Crippen molar-refractivity contribution in [2.75, 3.05) is 39.8 Å². The lowest BCUT2D eigenvalue weighted by Gasteiger charge is -2.30. The van der Waals surface area contributed by atoms with Crippen LogP contribution in [-0.4, -0.2) is 72.2 Å². The van der Waals surface area contributed by atoms with Crippen LogP contribution in [-0.2, 0) is 4.79 Å². The largest absolute Gasteiger partial charge is 0.480 e. The molecule has 0 saturated carbocycles. The maximum absolute atomic E-state index is 11.5. The van der Waals surface area contributed by atoms with Gasteiger partial charge in [0.05, 0.1) is 0 Å². The molecule has 1 aliphatic rings. The quantitative estimate of drug-likeness (QED) is 0.713. The van der Waals surface area contributed by atoms with Crippen LogP contribution >= 0.6 is 0 Å². The molecule has 1 heterocycles. The Morgan fingerprint density at radius 2 is 2.14 bits per heavy atom.